The summed E-state index contributed by atoms with van der Waals surface area (Å²) in [5.74, 6) is 0.0570. The van der Waals surface area contributed by atoms with Crippen LogP contribution in [-0.4, -0.2) is 26.1 Å². The molecule has 0 aromatic heterocycles. The largest absolute Gasteiger partial charge is 0.407 e. The summed E-state index contributed by atoms with van der Waals surface area (Å²) in [5, 5.41) is 13.1. The van der Waals surface area contributed by atoms with Crippen LogP contribution in [0.5, 0.6) is 0 Å². The predicted molar refractivity (Wildman–Crippen MR) is 119 cm³/mol. The van der Waals surface area contributed by atoms with E-state index in [0.717, 1.165) is 19.3 Å². The first-order chi connectivity index (χ1) is 13.4. The summed E-state index contributed by atoms with van der Waals surface area (Å²) in [6.45, 7) is 9.53. The first-order valence-corrected chi connectivity index (χ1v) is 12.3. The summed E-state index contributed by atoms with van der Waals surface area (Å²) in [7, 11) is -2.55. The maximum absolute atomic E-state index is 10.6. The average Bonchev–Trinajstić information content (AvgIpc) is 3.03. The molecular weight excluding hydrogens is 360 g/mol. The molecule has 3 rings (SSSR count). The van der Waals surface area contributed by atoms with Crippen LogP contribution in [0.25, 0.3) is 0 Å². The van der Waals surface area contributed by atoms with Crippen LogP contribution < -0.4 is 10.4 Å². The van der Waals surface area contributed by atoms with E-state index in [1.54, 1.807) is 0 Å². The van der Waals surface area contributed by atoms with Crippen LogP contribution >= 0.6 is 0 Å². The summed E-state index contributed by atoms with van der Waals surface area (Å²) in [6.07, 6.45) is 5.78. The predicted octanol–water partition coefficient (Wildman–Crippen LogP) is 4.47. The minimum absolute atomic E-state index is 0.0440. The Labute approximate surface area is 171 Å². The van der Waals surface area contributed by atoms with Crippen molar-refractivity contribution in [2.75, 3.05) is 6.61 Å². The molecule has 28 heavy (non-hydrogen) atoms. The summed E-state index contributed by atoms with van der Waals surface area (Å²) >= 11 is 0. The highest BCUT2D eigenvalue weighted by atomic mass is 28.4. The third kappa shape index (κ3) is 4.02. The van der Waals surface area contributed by atoms with Gasteiger partial charge in [0.2, 0.25) is 0 Å². The van der Waals surface area contributed by atoms with Gasteiger partial charge in [-0.3, -0.25) is 0 Å². The lowest BCUT2D eigenvalue weighted by molar-refractivity contribution is 0.107. The van der Waals surface area contributed by atoms with Gasteiger partial charge < -0.3 is 9.53 Å². The van der Waals surface area contributed by atoms with E-state index in [2.05, 4.69) is 94.4 Å². The summed E-state index contributed by atoms with van der Waals surface area (Å²) in [5.41, 5.74) is 1.24. The van der Waals surface area contributed by atoms with Gasteiger partial charge in [-0.2, -0.15) is 0 Å². The lowest BCUT2D eigenvalue weighted by Gasteiger charge is -2.43. The van der Waals surface area contributed by atoms with E-state index in [0.29, 0.717) is 6.61 Å². The first-order valence-electron chi connectivity index (χ1n) is 10.4. The fourth-order valence-corrected chi connectivity index (χ4v) is 9.14. The monoisotopic (exact) mass is 393 g/mol. The van der Waals surface area contributed by atoms with Gasteiger partial charge in [0.1, 0.15) is 0 Å². The molecule has 1 aliphatic rings. The highest BCUT2D eigenvalue weighted by Gasteiger charge is 2.50. The minimum Gasteiger partial charge on any atom is -0.407 e. The SMILES string of the molecule is CC[C]=C1CC[C@@H](O)[C@@H]1CO[Si](c1ccccc1)(c1ccccc1)C(C)(C)C. The smallest absolute Gasteiger partial charge is 0.261 e. The van der Waals surface area contributed by atoms with Crippen molar-refractivity contribution in [2.45, 2.75) is 58.1 Å². The summed E-state index contributed by atoms with van der Waals surface area (Å²) in [4.78, 5) is 0. The Bertz CT molecular complexity index is 738. The standard InChI is InChI=1S/C25H33O2Si/c1-5-12-20-17-18-24(26)23(20)19-27-28(25(2,3)4,21-13-8-6-9-14-21)22-15-10-7-11-16-22/h6-11,13-16,23-24,26H,5,17-19H2,1-4H3/t23-,24-/m1/s1. The van der Waals surface area contributed by atoms with E-state index in [4.69, 9.17) is 4.43 Å². The summed E-state index contributed by atoms with van der Waals surface area (Å²) < 4.78 is 7.02. The van der Waals surface area contributed by atoms with Gasteiger partial charge in [-0.05, 0) is 40.8 Å². The fraction of sp³-hybridized carbons (Fsp3) is 0.440. The Morgan fingerprint density at radius 1 is 1.00 bits per heavy atom. The van der Waals surface area contributed by atoms with Gasteiger partial charge in [0, 0.05) is 12.5 Å². The molecule has 2 aromatic rings. The number of aliphatic hydroxyl groups excluding tert-OH is 1. The zero-order valence-corrected chi connectivity index (χ0v) is 18.6. The van der Waals surface area contributed by atoms with Crippen LogP contribution in [0, 0.1) is 12.0 Å². The van der Waals surface area contributed by atoms with E-state index < -0.39 is 8.32 Å². The van der Waals surface area contributed by atoms with E-state index >= 15 is 0 Å². The molecule has 0 aliphatic heterocycles. The maximum Gasteiger partial charge on any atom is 0.261 e. The molecular formula is C25H33O2Si. The molecule has 0 saturated heterocycles. The first kappa shape index (κ1) is 21.0. The number of aliphatic hydroxyl groups is 1. The zero-order valence-electron chi connectivity index (χ0n) is 17.6. The van der Waals surface area contributed by atoms with Crippen LogP contribution in [0.1, 0.15) is 47.0 Å². The molecule has 0 unspecified atom stereocenters. The normalized spacial score (nSPS) is 22.0. The molecule has 0 bridgehead atoms. The van der Waals surface area contributed by atoms with Crippen LogP contribution in [0.4, 0.5) is 0 Å². The van der Waals surface area contributed by atoms with Gasteiger partial charge in [0.15, 0.2) is 0 Å². The highest BCUT2D eigenvalue weighted by Crippen LogP contribution is 2.39. The molecule has 2 nitrogen and oxygen atoms in total. The van der Waals surface area contributed by atoms with Crippen molar-refractivity contribution in [1.82, 2.24) is 0 Å². The van der Waals surface area contributed by atoms with Gasteiger partial charge in [-0.15, -0.1) is 0 Å². The van der Waals surface area contributed by atoms with Crippen molar-refractivity contribution < 1.29 is 9.53 Å². The maximum atomic E-state index is 10.6. The molecule has 1 radical (unpaired) electrons. The summed E-state index contributed by atoms with van der Waals surface area (Å²) in [6, 6.07) is 21.4. The molecule has 1 aliphatic carbocycles. The number of hydrogen-bond acceptors (Lipinski definition) is 2. The van der Waals surface area contributed by atoms with Crippen molar-refractivity contribution >= 4 is 18.7 Å². The minimum atomic E-state index is -2.55. The third-order valence-electron chi connectivity index (χ3n) is 5.92. The molecule has 3 heteroatoms. The molecule has 0 amide bonds. The fourth-order valence-electron chi connectivity index (χ4n) is 4.56. The van der Waals surface area contributed by atoms with Crippen LogP contribution in [0.2, 0.25) is 5.04 Å². The molecule has 1 fully saturated rings. The molecule has 1 saturated carbocycles. The topological polar surface area (TPSA) is 29.5 Å². The van der Waals surface area contributed by atoms with Gasteiger partial charge in [-0.1, -0.05) is 93.9 Å². The molecule has 2 aromatic carbocycles. The third-order valence-corrected chi connectivity index (χ3v) is 10.9. The molecule has 0 heterocycles. The second kappa shape index (κ2) is 8.77. The average molecular weight is 394 g/mol. The van der Waals surface area contributed by atoms with Gasteiger partial charge in [0.25, 0.3) is 8.32 Å². The Hall–Kier alpha value is -1.68. The number of hydrogen-bond donors (Lipinski definition) is 1. The van der Waals surface area contributed by atoms with Crippen LogP contribution in [-0.2, 0) is 4.43 Å². The number of allylic oxidation sites excluding steroid dienone is 1. The number of rotatable bonds is 6. The molecule has 1 N–H and O–H groups in total. The number of benzene rings is 2. The Kier molecular flexibility index (Phi) is 6.59. The Morgan fingerprint density at radius 2 is 1.54 bits per heavy atom. The van der Waals surface area contributed by atoms with Crippen molar-refractivity contribution in [2.24, 2.45) is 5.92 Å². The van der Waals surface area contributed by atoms with Gasteiger partial charge in [0.05, 0.1) is 6.10 Å². The second-order valence-corrected chi connectivity index (χ2v) is 13.0. The Balaban J connectivity index is 2.05. The van der Waals surface area contributed by atoms with Crippen molar-refractivity contribution in [3.8, 4) is 0 Å². The molecule has 0 spiro atoms. The highest BCUT2D eigenvalue weighted by molar-refractivity contribution is 6.99. The van der Waals surface area contributed by atoms with E-state index in [1.165, 1.54) is 15.9 Å². The van der Waals surface area contributed by atoms with E-state index in [-0.39, 0.29) is 17.1 Å². The van der Waals surface area contributed by atoms with E-state index in [1.807, 2.05) is 0 Å². The van der Waals surface area contributed by atoms with Gasteiger partial charge >= 0.3 is 0 Å². The van der Waals surface area contributed by atoms with Gasteiger partial charge in [-0.25, -0.2) is 0 Å². The van der Waals surface area contributed by atoms with E-state index in [9.17, 15) is 5.11 Å². The van der Waals surface area contributed by atoms with Crippen molar-refractivity contribution in [1.29, 1.82) is 0 Å². The lowest BCUT2D eigenvalue weighted by atomic mass is 10.0. The van der Waals surface area contributed by atoms with Crippen LogP contribution in [0.15, 0.2) is 66.2 Å². The lowest BCUT2D eigenvalue weighted by Crippen LogP contribution is -2.67. The van der Waals surface area contributed by atoms with Crippen LogP contribution in [0.3, 0.4) is 0 Å². The second-order valence-electron chi connectivity index (χ2n) is 8.74. The van der Waals surface area contributed by atoms with Crippen molar-refractivity contribution in [3.05, 3.63) is 72.3 Å². The van der Waals surface area contributed by atoms with Crippen molar-refractivity contribution in [3.63, 3.8) is 0 Å². The molecule has 149 valence electrons. The zero-order chi connectivity index (χ0) is 20.2. The quantitative estimate of drug-likeness (QED) is 0.734. The molecule has 2 atom stereocenters. The Morgan fingerprint density at radius 3 is 2.00 bits per heavy atom.